The van der Waals surface area contributed by atoms with E-state index < -0.39 is 13.0 Å². The Morgan fingerprint density at radius 1 is 1.67 bits per heavy atom. The summed E-state index contributed by atoms with van der Waals surface area (Å²) in [6, 6.07) is 0. The second-order valence-corrected chi connectivity index (χ2v) is 9.37. The molecule has 1 heterocycles. The summed E-state index contributed by atoms with van der Waals surface area (Å²) in [6.45, 7) is 0. The molecule has 0 saturated heterocycles. The van der Waals surface area contributed by atoms with Gasteiger partial charge >= 0.3 is 13.0 Å². The molecular weight excluding hydrogens is 165 g/mol. The largest absolute Gasteiger partial charge is 0.354 e. The fourth-order valence-corrected chi connectivity index (χ4v) is 5.37. The van der Waals surface area contributed by atoms with E-state index >= 15 is 0 Å². The number of hydrogen-bond acceptors (Lipinski definition) is 3. The van der Waals surface area contributed by atoms with Crippen molar-refractivity contribution < 1.29 is 0 Å². The molecule has 0 radical (unpaired) electrons. The van der Waals surface area contributed by atoms with Crippen molar-refractivity contribution in [1.29, 1.82) is 0 Å². The number of hydrogen-bond donors (Lipinski definition) is 0. The standard InChI is InChI=1S/C3H3NS2.2CH3.Al/c5-3-4-1-2-6-3;;;/h1-2H,(H,4,5);2*1H3;/q;;;+1/p-1. The molecule has 0 aliphatic carbocycles. The molecule has 0 atom stereocenters. The highest BCUT2D eigenvalue weighted by atomic mass is 32.3. The molecular formula is C5H8AlNS2. The molecule has 1 aromatic rings. The van der Waals surface area contributed by atoms with Crippen molar-refractivity contribution in [3.63, 3.8) is 0 Å². The fourth-order valence-electron chi connectivity index (χ4n) is 0.470. The second-order valence-electron chi connectivity index (χ2n) is 1.96. The van der Waals surface area contributed by atoms with E-state index in [0.29, 0.717) is 0 Å². The molecule has 48 valence electrons. The Hall–Kier alpha value is 0.512. The van der Waals surface area contributed by atoms with Crippen LogP contribution in [0.3, 0.4) is 0 Å². The van der Waals surface area contributed by atoms with Gasteiger partial charge in [0.15, 0.2) is 0 Å². The summed E-state index contributed by atoms with van der Waals surface area (Å²) in [7, 11) is 1.95. The Labute approximate surface area is 66.9 Å². The molecule has 0 N–H and O–H groups in total. The van der Waals surface area contributed by atoms with Crippen LogP contribution in [0.2, 0.25) is 11.6 Å². The summed E-state index contributed by atoms with van der Waals surface area (Å²) in [5.41, 5.74) is 0. The van der Waals surface area contributed by atoms with Crippen LogP contribution in [0.25, 0.3) is 0 Å². The van der Waals surface area contributed by atoms with E-state index in [-0.39, 0.29) is 0 Å². The van der Waals surface area contributed by atoms with Crippen molar-refractivity contribution in [2.24, 2.45) is 0 Å². The molecule has 0 unspecified atom stereocenters. The van der Waals surface area contributed by atoms with Crippen LogP contribution in [-0.4, -0.2) is 18.0 Å². The summed E-state index contributed by atoms with van der Waals surface area (Å²) >= 11 is 1.24. The molecule has 0 saturated carbocycles. The van der Waals surface area contributed by atoms with Gasteiger partial charge in [-0.1, -0.05) is 11.6 Å². The highest BCUT2D eigenvalue weighted by Gasteiger charge is 2.04. The minimum Gasteiger partial charge on any atom is -0.240 e. The lowest BCUT2D eigenvalue weighted by molar-refractivity contribution is 1.26. The quantitative estimate of drug-likeness (QED) is 0.637. The SMILES string of the molecule is [CH3][Al]([CH3])[S]c1nccs1. The van der Waals surface area contributed by atoms with Crippen LogP contribution in [-0.2, 0) is 0 Å². The second kappa shape index (κ2) is 3.62. The molecule has 4 heteroatoms. The Morgan fingerprint density at radius 3 is 2.89 bits per heavy atom. The van der Waals surface area contributed by atoms with E-state index in [1.807, 2.05) is 21.7 Å². The summed E-state index contributed by atoms with van der Waals surface area (Å²) in [4.78, 5) is 4.17. The van der Waals surface area contributed by atoms with Crippen molar-refractivity contribution in [2.45, 2.75) is 15.9 Å². The van der Waals surface area contributed by atoms with Gasteiger partial charge in [-0.3, -0.25) is 0 Å². The van der Waals surface area contributed by atoms with Gasteiger partial charge in [0, 0.05) is 11.6 Å². The molecule has 1 rings (SSSR count). The first kappa shape index (κ1) is 7.62. The van der Waals surface area contributed by atoms with Crippen molar-refractivity contribution in [3.8, 4) is 0 Å². The third kappa shape index (κ3) is 2.72. The highest BCUT2D eigenvalue weighted by Crippen LogP contribution is 2.22. The van der Waals surface area contributed by atoms with Gasteiger partial charge in [0.1, 0.15) is 4.34 Å². The molecule has 0 aliphatic heterocycles. The Morgan fingerprint density at radius 2 is 2.44 bits per heavy atom. The summed E-state index contributed by atoms with van der Waals surface area (Å²) in [5, 5.41) is 2.03. The first-order valence-electron chi connectivity index (χ1n) is 2.85. The van der Waals surface area contributed by atoms with Crippen LogP contribution in [0.5, 0.6) is 0 Å². The minimum atomic E-state index is -0.499. The summed E-state index contributed by atoms with van der Waals surface area (Å²) < 4.78 is 1.23. The summed E-state index contributed by atoms with van der Waals surface area (Å²) in [5.74, 6) is 4.62. The molecule has 0 fully saturated rings. The Bertz CT molecular complexity index is 161. The third-order valence-electron chi connectivity index (χ3n) is 0.746. The van der Waals surface area contributed by atoms with Gasteiger partial charge in [-0.15, -0.1) is 11.3 Å². The van der Waals surface area contributed by atoms with Gasteiger partial charge in [0.05, 0.1) is 0 Å². The van der Waals surface area contributed by atoms with Crippen molar-refractivity contribution >= 4 is 34.5 Å². The van der Waals surface area contributed by atoms with Crippen LogP contribution in [0.4, 0.5) is 0 Å². The van der Waals surface area contributed by atoms with Gasteiger partial charge < -0.3 is 0 Å². The molecule has 9 heavy (non-hydrogen) atoms. The van der Waals surface area contributed by atoms with Crippen molar-refractivity contribution in [3.05, 3.63) is 11.6 Å². The maximum Gasteiger partial charge on any atom is 0.354 e. The molecule has 0 bridgehead atoms. The lowest BCUT2D eigenvalue weighted by Gasteiger charge is -1.92. The lowest BCUT2D eigenvalue weighted by atomic mass is 11.0. The van der Waals surface area contributed by atoms with E-state index in [0.717, 1.165) is 0 Å². The maximum atomic E-state index is 4.17. The lowest BCUT2D eigenvalue weighted by Crippen LogP contribution is -1.89. The Balaban J connectivity index is 2.48. The first-order valence-corrected chi connectivity index (χ1v) is 8.33. The first-order chi connectivity index (χ1) is 4.29. The molecule has 1 aromatic heterocycles. The maximum absolute atomic E-state index is 4.17. The third-order valence-corrected chi connectivity index (χ3v) is 5.26. The van der Waals surface area contributed by atoms with Crippen molar-refractivity contribution in [2.75, 3.05) is 0 Å². The Kier molecular flexibility index (Phi) is 3.07. The number of nitrogens with zero attached hydrogens (tertiary/aromatic N) is 1. The number of rotatable bonds is 2. The zero-order valence-corrected chi connectivity index (χ0v) is 8.28. The molecule has 0 spiro atoms. The smallest absolute Gasteiger partial charge is 0.240 e. The van der Waals surface area contributed by atoms with E-state index in [1.54, 1.807) is 11.3 Å². The van der Waals surface area contributed by atoms with Crippen LogP contribution in [0.1, 0.15) is 0 Å². The molecule has 1 nitrogen and oxygen atoms in total. The number of thiazole rings is 1. The van der Waals surface area contributed by atoms with Crippen molar-refractivity contribution in [1.82, 2.24) is 4.98 Å². The fraction of sp³-hybridized carbons (Fsp3) is 0.400. The van der Waals surface area contributed by atoms with Gasteiger partial charge in [-0.05, 0) is 0 Å². The van der Waals surface area contributed by atoms with Crippen LogP contribution >= 0.6 is 21.5 Å². The minimum absolute atomic E-state index is 0.499. The molecule has 0 amide bonds. The number of aromatic nitrogens is 1. The normalized spacial score (nSPS) is 9.56. The zero-order chi connectivity index (χ0) is 6.69. The average Bonchev–Trinajstić information content (AvgIpc) is 2.15. The average molecular weight is 173 g/mol. The van der Waals surface area contributed by atoms with Gasteiger partial charge in [0.25, 0.3) is 0 Å². The van der Waals surface area contributed by atoms with Gasteiger partial charge in [-0.25, -0.2) is 4.98 Å². The monoisotopic (exact) mass is 173 g/mol. The van der Waals surface area contributed by atoms with Gasteiger partial charge in [-0.2, -0.15) is 10.1 Å². The summed E-state index contributed by atoms with van der Waals surface area (Å²) in [6.07, 6.45) is 1.86. The molecule has 0 aliphatic rings. The molecule has 0 aromatic carbocycles. The highest BCUT2D eigenvalue weighted by molar-refractivity contribution is 8.26. The van der Waals surface area contributed by atoms with Gasteiger partial charge in [0.2, 0.25) is 0 Å². The topological polar surface area (TPSA) is 12.9 Å². The van der Waals surface area contributed by atoms with E-state index in [2.05, 4.69) is 16.6 Å². The van der Waals surface area contributed by atoms with Crippen LogP contribution < -0.4 is 0 Å². The van der Waals surface area contributed by atoms with E-state index in [1.165, 1.54) is 4.34 Å². The predicted molar refractivity (Wildman–Crippen MR) is 45.5 cm³/mol. The predicted octanol–water partition coefficient (Wildman–Crippen LogP) is 2.49. The van der Waals surface area contributed by atoms with E-state index in [4.69, 9.17) is 0 Å². The van der Waals surface area contributed by atoms with Crippen LogP contribution in [0.15, 0.2) is 15.9 Å². The van der Waals surface area contributed by atoms with E-state index in [9.17, 15) is 0 Å². The zero-order valence-electron chi connectivity index (χ0n) is 5.50. The van der Waals surface area contributed by atoms with Crippen LogP contribution in [0, 0.1) is 0 Å².